The van der Waals surface area contributed by atoms with Crippen LogP contribution in [0.5, 0.6) is 0 Å². The van der Waals surface area contributed by atoms with E-state index in [1.165, 1.54) is 12.8 Å². The van der Waals surface area contributed by atoms with Gasteiger partial charge in [-0.05, 0) is 25.3 Å². The fraction of sp³-hybridized carbons (Fsp3) is 0.818. The van der Waals surface area contributed by atoms with Crippen molar-refractivity contribution in [2.24, 2.45) is 18.7 Å². The molecule has 2 rings (SSSR count). The molecular formula is C11H21N5. The third kappa shape index (κ3) is 2.35. The van der Waals surface area contributed by atoms with Crippen molar-refractivity contribution in [1.29, 1.82) is 0 Å². The SMILES string of the molecule is CC1CCN(c2nc(CCN)n(C)n2)CC1. The largest absolute Gasteiger partial charge is 0.340 e. The minimum absolute atomic E-state index is 0.628. The van der Waals surface area contributed by atoms with E-state index in [-0.39, 0.29) is 0 Å². The van der Waals surface area contributed by atoms with E-state index in [0.29, 0.717) is 6.54 Å². The summed E-state index contributed by atoms with van der Waals surface area (Å²) in [6.07, 6.45) is 3.28. The molecule has 0 amide bonds. The van der Waals surface area contributed by atoms with Gasteiger partial charge in [-0.2, -0.15) is 4.98 Å². The lowest BCUT2D eigenvalue weighted by Gasteiger charge is -2.29. The number of piperidine rings is 1. The molecule has 2 N–H and O–H groups in total. The second-order valence-corrected chi connectivity index (χ2v) is 4.66. The Labute approximate surface area is 96.6 Å². The molecule has 5 heteroatoms. The van der Waals surface area contributed by atoms with E-state index in [0.717, 1.165) is 37.2 Å². The fourth-order valence-electron chi connectivity index (χ4n) is 2.09. The van der Waals surface area contributed by atoms with Crippen LogP contribution in [0.15, 0.2) is 0 Å². The molecule has 16 heavy (non-hydrogen) atoms. The Bertz CT molecular complexity index is 338. The number of aryl methyl sites for hydroxylation is 1. The van der Waals surface area contributed by atoms with Gasteiger partial charge in [-0.3, -0.25) is 4.68 Å². The molecular weight excluding hydrogens is 202 g/mol. The van der Waals surface area contributed by atoms with Crippen LogP contribution >= 0.6 is 0 Å². The molecule has 2 heterocycles. The summed E-state index contributed by atoms with van der Waals surface area (Å²) in [5.74, 6) is 2.69. The van der Waals surface area contributed by atoms with Gasteiger partial charge in [0.1, 0.15) is 5.82 Å². The van der Waals surface area contributed by atoms with Gasteiger partial charge < -0.3 is 10.6 Å². The summed E-state index contributed by atoms with van der Waals surface area (Å²) >= 11 is 0. The van der Waals surface area contributed by atoms with Gasteiger partial charge in [0, 0.05) is 26.6 Å². The summed E-state index contributed by atoms with van der Waals surface area (Å²) in [6.45, 7) is 5.09. The smallest absolute Gasteiger partial charge is 0.244 e. The molecule has 0 unspecified atom stereocenters. The maximum absolute atomic E-state index is 5.54. The Hall–Kier alpha value is -1.10. The second-order valence-electron chi connectivity index (χ2n) is 4.66. The molecule has 90 valence electrons. The van der Waals surface area contributed by atoms with Crippen LogP contribution in [0.4, 0.5) is 5.95 Å². The normalized spacial score (nSPS) is 18.1. The predicted molar refractivity (Wildman–Crippen MR) is 64.4 cm³/mol. The van der Waals surface area contributed by atoms with E-state index in [2.05, 4.69) is 21.9 Å². The molecule has 0 bridgehead atoms. The first-order chi connectivity index (χ1) is 7.70. The fourth-order valence-corrected chi connectivity index (χ4v) is 2.09. The molecule has 1 aromatic rings. The first-order valence-corrected chi connectivity index (χ1v) is 6.05. The average Bonchev–Trinajstić information content (AvgIpc) is 2.62. The molecule has 0 atom stereocenters. The van der Waals surface area contributed by atoms with Crippen LogP contribution in [0.2, 0.25) is 0 Å². The molecule has 0 spiro atoms. The minimum atomic E-state index is 0.628. The van der Waals surface area contributed by atoms with Crippen molar-refractivity contribution < 1.29 is 0 Å². The van der Waals surface area contributed by atoms with Crippen molar-refractivity contribution in [3.8, 4) is 0 Å². The van der Waals surface area contributed by atoms with E-state index in [9.17, 15) is 0 Å². The van der Waals surface area contributed by atoms with Crippen LogP contribution in [0.1, 0.15) is 25.6 Å². The van der Waals surface area contributed by atoms with Crippen molar-refractivity contribution in [3.05, 3.63) is 5.82 Å². The molecule has 1 aliphatic heterocycles. The van der Waals surface area contributed by atoms with E-state index in [1.54, 1.807) is 0 Å². The Morgan fingerprint density at radius 1 is 1.38 bits per heavy atom. The molecule has 0 saturated carbocycles. The van der Waals surface area contributed by atoms with Crippen LogP contribution in [-0.2, 0) is 13.5 Å². The highest BCUT2D eigenvalue weighted by Crippen LogP contribution is 2.20. The van der Waals surface area contributed by atoms with Crippen molar-refractivity contribution in [2.45, 2.75) is 26.2 Å². The van der Waals surface area contributed by atoms with Gasteiger partial charge in [0.2, 0.25) is 5.95 Å². The van der Waals surface area contributed by atoms with Crippen molar-refractivity contribution in [3.63, 3.8) is 0 Å². The second kappa shape index (κ2) is 4.82. The number of nitrogens with zero attached hydrogens (tertiary/aromatic N) is 4. The monoisotopic (exact) mass is 223 g/mol. The van der Waals surface area contributed by atoms with E-state index in [1.807, 2.05) is 11.7 Å². The number of nitrogens with two attached hydrogens (primary N) is 1. The highest BCUT2D eigenvalue weighted by molar-refractivity contribution is 5.29. The number of aromatic nitrogens is 3. The van der Waals surface area contributed by atoms with Crippen molar-refractivity contribution in [2.75, 3.05) is 24.5 Å². The zero-order valence-corrected chi connectivity index (χ0v) is 10.2. The Kier molecular flexibility index (Phi) is 3.43. The van der Waals surface area contributed by atoms with E-state index in [4.69, 9.17) is 5.73 Å². The summed E-state index contributed by atoms with van der Waals surface area (Å²) in [7, 11) is 1.94. The zero-order valence-electron chi connectivity index (χ0n) is 10.2. The zero-order chi connectivity index (χ0) is 11.5. The van der Waals surface area contributed by atoms with Crippen LogP contribution in [0.3, 0.4) is 0 Å². The van der Waals surface area contributed by atoms with Gasteiger partial charge in [-0.25, -0.2) is 0 Å². The van der Waals surface area contributed by atoms with Crippen LogP contribution in [-0.4, -0.2) is 34.4 Å². The number of hydrogen-bond donors (Lipinski definition) is 1. The van der Waals surface area contributed by atoms with Gasteiger partial charge >= 0.3 is 0 Å². The summed E-state index contributed by atoms with van der Waals surface area (Å²) in [5.41, 5.74) is 5.54. The third-order valence-electron chi connectivity index (χ3n) is 3.28. The van der Waals surface area contributed by atoms with Crippen LogP contribution in [0, 0.1) is 5.92 Å². The molecule has 1 aromatic heterocycles. The average molecular weight is 223 g/mol. The molecule has 1 fully saturated rings. The number of rotatable bonds is 3. The van der Waals surface area contributed by atoms with Crippen LogP contribution in [0.25, 0.3) is 0 Å². The van der Waals surface area contributed by atoms with Gasteiger partial charge in [0.25, 0.3) is 0 Å². The topological polar surface area (TPSA) is 60.0 Å². The number of hydrogen-bond acceptors (Lipinski definition) is 4. The Balaban J connectivity index is 2.06. The van der Waals surface area contributed by atoms with Gasteiger partial charge in [0.15, 0.2) is 0 Å². The summed E-state index contributed by atoms with van der Waals surface area (Å²) in [6, 6.07) is 0. The molecule has 1 aliphatic rings. The first kappa shape index (κ1) is 11.4. The highest BCUT2D eigenvalue weighted by Gasteiger charge is 2.19. The summed E-state index contributed by atoms with van der Waals surface area (Å²) in [4.78, 5) is 6.82. The van der Waals surface area contributed by atoms with Crippen LogP contribution < -0.4 is 10.6 Å². The van der Waals surface area contributed by atoms with E-state index >= 15 is 0 Å². The first-order valence-electron chi connectivity index (χ1n) is 6.05. The predicted octanol–water partition coefficient (Wildman–Crippen LogP) is 0.553. The lowest BCUT2D eigenvalue weighted by Crippen LogP contribution is -2.33. The van der Waals surface area contributed by atoms with Crippen molar-refractivity contribution in [1.82, 2.24) is 14.8 Å². The molecule has 0 aromatic carbocycles. The van der Waals surface area contributed by atoms with E-state index < -0.39 is 0 Å². The van der Waals surface area contributed by atoms with Gasteiger partial charge in [-0.15, -0.1) is 5.10 Å². The lowest BCUT2D eigenvalue weighted by atomic mass is 10.00. The highest BCUT2D eigenvalue weighted by atomic mass is 15.4. The minimum Gasteiger partial charge on any atom is -0.340 e. The molecule has 0 aliphatic carbocycles. The lowest BCUT2D eigenvalue weighted by molar-refractivity contribution is 0.434. The maximum Gasteiger partial charge on any atom is 0.244 e. The Morgan fingerprint density at radius 2 is 2.06 bits per heavy atom. The standard InChI is InChI=1S/C11H21N5/c1-9-4-7-16(8-5-9)11-13-10(3-6-12)15(2)14-11/h9H,3-8,12H2,1-2H3. The molecule has 1 saturated heterocycles. The number of anilines is 1. The molecule has 0 radical (unpaired) electrons. The quantitative estimate of drug-likeness (QED) is 0.813. The maximum atomic E-state index is 5.54. The molecule has 5 nitrogen and oxygen atoms in total. The summed E-state index contributed by atoms with van der Waals surface area (Å²) < 4.78 is 1.85. The van der Waals surface area contributed by atoms with Gasteiger partial charge in [-0.1, -0.05) is 6.92 Å². The Morgan fingerprint density at radius 3 is 2.69 bits per heavy atom. The van der Waals surface area contributed by atoms with Crippen molar-refractivity contribution >= 4 is 5.95 Å². The third-order valence-corrected chi connectivity index (χ3v) is 3.28. The summed E-state index contributed by atoms with van der Waals surface area (Å²) in [5, 5.41) is 4.45. The van der Waals surface area contributed by atoms with Gasteiger partial charge in [0.05, 0.1) is 0 Å².